The highest BCUT2D eigenvalue weighted by atomic mass is 32.2. The summed E-state index contributed by atoms with van der Waals surface area (Å²) in [7, 11) is 0. The van der Waals surface area contributed by atoms with Crippen LogP contribution in [-0.4, -0.2) is 63.6 Å². The van der Waals surface area contributed by atoms with Gasteiger partial charge in [-0.25, -0.2) is 0 Å². The molecule has 0 radical (unpaired) electrons. The van der Waals surface area contributed by atoms with Gasteiger partial charge in [0.05, 0.1) is 12.6 Å². The summed E-state index contributed by atoms with van der Waals surface area (Å²) >= 11 is 1.91. The molecule has 2 heterocycles. The van der Waals surface area contributed by atoms with E-state index in [9.17, 15) is 5.11 Å². The van der Waals surface area contributed by atoms with Crippen molar-refractivity contribution in [3.05, 3.63) is 35.4 Å². The van der Waals surface area contributed by atoms with Crippen molar-refractivity contribution in [1.82, 2.24) is 9.80 Å². The molecule has 4 nitrogen and oxygen atoms in total. The van der Waals surface area contributed by atoms with E-state index in [1.165, 1.54) is 10.7 Å². The van der Waals surface area contributed by atoms with Crippen molar-refractivity contribution >= 4 is 16.9 Å². The summed E-state index contributed by atoms with van der Waals surface area (Å²) in [5.74, 6) is 0. The van der Waals surface area contributed by atoms with Crippen LogP contribution in [0, 0.1) is 0 Å². The molecule has 5 heteroatoms. The Bertz CT molecular complexity index is 622. The monoisotopic (exact) mass is 331 g/mol. The van der Waals surface area contributed by atoms with Crippen LogP contribution in [0.4, 0.5) is 0 Å². The maximum absolute atomic E-state index is 10.7. The van der Waals surface area contributed by atoms with Crippen LogP contribution in [0.5, 0.6) is 0 Å². The number of aliphatic imine (C=N–C) groups is 1. The lowest BCUT2D eigenvalue weighted by atomic mass is 10.1. The van der Waals surface area contributed by atoms with Gasteiger partial charge < -0.3 is 10.0 Å². The van der Waals surface area contributed by atoms with Crippen LogP contribution >= 0.6 is 11.8 Å². The fourth-order valence-electron chi connectivity index (χ4n) is 3.86. The Kier molecular flexibility index (Phi) is 3.90. The van der Waals surface area contributed by atoms with Crippen LogP contribution in [0.2, 0.25) is 0 Å². The van der Waals surface area contributed by atoms with Crippen LogP contribution in [0.1, 0.15) is 31.1 Å². The molecule has 0 amide bonds. The predicted molar refractivity (Wildman–Crippen MR) is 96.0 cm³/mol. The highest BCUT2D eigenvalue weighted by Gasteiger charge is 2.37. The molecule has 2 atom stereocenters. The van der Waals surface area contributed by atoms with E-state index in [4.69, 9.17) is 4.99 Å². The molecule has 1 aliphatic carbocycles. The molecule has 4 rings (SSSR count). The largest absolute Gasteiger partial charge is 0.387 e. The molecule has 2 aliphatic heterocycles. The fourth-order valence-corrected chi connectivity index (χ4v) is 4.92. The summed E-state index contributed by atoms with van der Waals surface area (Å²) in [5, 5.41) is 11.9. The zero-order valence-electron chi connectivity index (χ0n) is 13.9. The third-order valence-electron chi connectivity index (χ3n) is 5.18. The number of hydrogen-bond donors (Lipinski definition) is 1. The van der Waals surface area contributed by atoms with E-state index in [2.05, 4.69) is 41.8 Å². The standard InChI is InChI=1S/C18H25N3OS/c1-18(2)12-19-17(23-18)21-9-7-20(8-10-21)15-11-13-5-3-4-6-14(13)16(15)22/h3-6,15-16,22H,7-12H2,1-2H3. The van der Waals surface area contributed by atoms with Crippen molar-refractivity contribution in [3.63, 3.8) is 0 Å². The zero-order valence-corrected chi connectivity index (χ0v) is 14.7. The van der Waals surface area contributed by atoms with Gasteiger partial charge in [-0.15, -0.1) is 0 Å². The lowest BCUT2D eigenvalue weighted by Gasteiger charge is -2.40. The van der Waals surface area contributed by atoms with Crippen LogP contribution in [0.15, 0.2) is 29.3 Å². The van der Waals surface area contributed by atoms with Gasteiger partial charge in [0.2, 0.25) is 0 Å². The molecule has 1 aromatic carbocycles. The van der Waals surface area contributed by atoms with Gasteiger partial charge >= 0.3 is 0 Å². The Labute approximate surface area is 142 Å². The van der Waals surface area contributed by atoms with Gasteiger partial charge in [0.15, 0.2) is 5.17 Å². The van der Waals surface area contributed by atoms with Crippen LogP contribution < -0.4 is 0 Å². The molecule has 0 aromatic heterocycles. The molecule has 3 aliphatic rings. The van der Waals surface area contributed by atoms with Crippen molar-refractivity contribution in [2.75, 3.05) is 32.7 Å². The number of fused-ring (bicyclic) bond motifs is 1. The van der Waals surface area contributed by atoms with Gasteiger partial charge in [0.25, 0.3) is 0 Å². The van der Waals surface area contributed by atoms with E-state index in [-0.39, 0.29) is 16.9 Å². The second-order valence-electron chi connectivity index (χ2n) is 7.40. The second kappa shape index (κ2) is 5.80. The van der Waals surface area contributed by atoms with E-state index in [0.717, 1.165) is 44.7 Å². The zero-order chi connectivity index (χ0) is 16.0. The van der Waals surface area contributed by atoms with Gasteiger partial charge in [-0.1, -0.05) is 36.0 Å². The quantitative estimate of drug-likeness (QED) is 0.856. The van der Waals surface area contributed by atoms with Gasteiger partial charge in [-0.05, 0) is 31.4 Å². The fraction of sp³-hybridized carbons (Fsp3) is 0.611. The summed E-state index contributed by atoms with van der Waals surface area (Å²) in [6, 6.07) is 8.57. The normalized spacial score (nSPS) is 30.4. The van der Waals surface area contributed by atoms with Crippen LogP contribution in [0.25, 0.3) is 0 Å². The first-order valence-corrected chi connectivity index (χ1v) is 9.33. The van der Waals surface area contributed by atoms with Gasteiger partial charge in [-0.2, -0.15) is 0 Å². The molecule has 23 heavy (non-hydrogen) atoms. The average molecular weight is 331 g/mol. The molecule has 1 saturated heterocycles. The van der Waals surface area contributed by atoms with Crippen LogP contribution in [-0.2, 0) is 6.42 Å². The molecule has 2 unspecified atom stereocenters. The number of aliphatic hydroxyl groups excluding tert-OH is 1. The maximum Gasteiger partial charge on any atom is 0.159 e. The Morgan fingerprint density at radius 3 is 2.57 bits per heavy atom. The summed E-state index contributed by atoms with van der Waals surface area (Å²) < 4.78 is 0.246. The molecule has 1 N–H and O–H groups in total. The number of nitrogens with zero attached hydrogens (tertiary/aromatic N) is 3. The van der Waals surface area contributed by atoms with Gasteiger partial charge in [0, 0.05) is 37.0 Å². The molecule has 1 fully saturated rings. The Hall–Kier alpha value is -1.04. The Morgan fingerprint density at radius 2 is 1.91 bits per heavy atom. The number of piperazine rings is 1. The minimum Gasteiger partial charge on any atom is -0.387 e. The lowest BCUT2D eigenvalue weighted by molar-refractivity contribution is 0.0406. The van der Waals surface area contributed by atoms with E-state index in [1.54, 1.807) is 0 Å². The van der Waals surface area contributed by atoms with Gasteiger partial charge in [-0.3, -0.25) is 9.89 Å². The molecule has 0 bridgehead atoms. The topological polar surface area (TPSA) is 39.1 Å². The molecular formula is C18H25N3OS. The lowest BCUT2D eigenvalue weighted by Crippen LogP contribution is -2.52. The van der Waals surface area contributed by atoms with Gasteiger partial charge in [0.1, 0.15) is 0 Å². The molecule has 0 saturated carbocycles. The predicted octanol–water partition coefficient (Wildman–Crippen LogP) is 2.14. The number of amidine groups is 1. The molecule has 1 aromatic rings. The van der Waals surface area contributed by atoms with Crippen molar-refractivity contribution < 1.29 is 5.11 Å². The number of hydrogen-bond acceptors (Lipinski definition) is 5. The van der Waals surface area contributed by atoms with E-state index >= 15 is 0 Å². The van der Waals surface area contributed by atoms with E-state index in [0.29, 0.717) is 0 Å². The average Bonchev–Trinajstić information content (AvgIpc) is 3.08. The minimum absolute atomic E-state index is 0.240. The van der Waals surface area contributed by atoms with Crippen molar-refractivity contribution in [3.8, 4) is 0 Å². The number of thioether (sulfide) groups is 1. The minimum atomic E-state index is -0.338. The summed E-state index contributed by atoms with van der Waals surface area (Å²) in [5.41, 5.74) is 2.43. The summed E-state index contributed by atoms with van der Waals surface area (Å²) in [6.07, 6.45) is 0.634. The Balaban J connectivity index is 1.38. The first kappa shape index (κ1) is 15.5. The first-order chi connectivity index (χ1) is 11.0. The van der Waals surface area contributed by atoms with Crippen LogP contribution in [0.3, 0.4) is 0 Å². The van der Waals surface area contributed by atoms with E-state index < -0.39 is 0 Å². The second-order valence-corrected chi connectivity index (χ2v) is 9.07. The van der Waals surface area contributed by atoms with Crippen molar-refractivity contribution in [1.29, 1.82) is 0 Å². The van der Waals surface area contributed by atoms with E-state index in [1.807, 2.05) is 17.8 Å². The molecule has 0 spiro atoms. The first-order valence-electron chi connectivity index (χ1n) is 8.52. The summed E-state index contributed by atoms with van der Waals surface area (Å²) in [4.78, 5) is 9.61. The number of aliphatic hydroxyl groups is 1. The smallest absolute Gasteiger partial charge is 0.159 e. The highest BCUT2D eigenvalue weighted by Crippen LogP contribution is 2.36. The summed E-state index contributed by atoms with van der Waals surface area (Å²) in [6.45, 7) is 9.49. The highest BCUT2D eigenvalue weighted by molar-refractivity contribution is 8.15. The molecular weight excluding hydrogens is 306 g/mol. The maximum atomic E-state index is 10.7. The third-order valence-corrected chi connectivity index (χ3v) is 6.44. The van der Waals surface area contributed by atoms with Crippen molar-refractivity contribution in [2.45, 2.75) is 37.2 Å². The number of benzene rings is 1. The molecule has 124 valence electrons. The SMILES string of the molecule is CC1(C)CN=C(N2CCN(C3Cc4ccccc4C3O)CC2)S1. The Morgan fingerprint density at radius 1 is 1.17 bits per heavy atom. The third kappa shape index (κ3) is 2.90. The number of rotatable bonds is 1. The van der Waals surface area contributed by atoms with Crippen molar-refractivity contribution in [2.24, 2.45) is 4.99 Å².